The molecule has 2 aromatic carbocycles. The number of ether oxygens (including phenoxy) is 1. The summed E-state index contributed by atoms with van der Waals surface area (Å²) in [7, 11) is 1.63. The molecule has 26 heavy (non-hydrogen) atoms. The lowest BCUT2D eigenvalue weighted by molar-refractivity contribution is 0.0974. The number of ketones is 2. The lowest BCUT2D eigenvalue weighted by Crippen LogP contribution is -2.27. The molecule has 1 aliphatic rings. The Morgan fingerprint density at radius 2 is 1.58 bits per heavy atom. The molecule has 0 radical (unpaired) electrons. The summed E-state index contributed by atoms with van der Waals surface area (Å²) in [5.41, 5.74) is 0.627. The minimum atomic E-state index is -0.488. The van der Waals surface area contributed by atoms with E-state index in [1.54, 1.807) is 25.3 Å². The second-order valence-electron chi connectivity index (χ2n) is 5.91. The van der Waals surface area contributed by atoms with Crippen LogP contribution in [-0.4, -0.2) is 55.1 Å². The van der Waals surface area contributed by atoms with E-state index in [0.29, 0.717) is 31.9 Å². The molecule has 0 atom stereocenters. The number of phenols is 2. The number of rotatable bonds is 7. The summed E-state index contributed by atoms with van der Waals surface area (Å²) in [5, 5.41) is 26.4. The maximum Gasteiger partial charge on any atom is 0.200 e. The van der Waals surface area contributed by atoms with Crippen molar-refractivity contribution in [1.82, 2.24) is 5.32 Å². The summed E-state index contributed by atoms with van der Waals surface area (Å²) in [6, 6.07) is 7.35. The van der Waals surface area contributed by atoms with Crippen LogP contribution in [0.5, 0.6) is 11.5 Å². The van der Waals surface area contributed by atoms with E-state index < -0.39 is 11.6 Å². The Bertz CT molecular complexity index is 863. The molecule has 0 fully saturated rings. The van der Waals surface area contributed by atoms with Gasteiger partial charge in [0.2, 0.25) is 0 Å². The largest absolute Gasteiger partial charge is 0.507 e. The summed E-state index contributed by atoms with van der Waals surface area (Å²) in [6.45, 7) is 2.51. The number of hydrogen-bond acceptors (Lipinski definition) is 7. The summed E-state index contributed by atoms with van der Waals surface area (Å²) in [6.07, 6.45) is 0. The monoisotopic (exact) mass is 356 g/mol. The van der Waals surface area contributed by atoms with Gasteiger partial charge in [-0.3, -0.25) is 9.59 Å². The minimum absolute atomic E-state index is 0.152. The average Bonchev–Trinajstić information content (AvgIpc) is 2.64. The molecule has 7 nitrogen and oxygen atoms in total. The number of methoxy groups -OCH3 is 1. The van der Waals surface area contributed by atoms with Crippen LogP contribution in [0.25, 0.3) is 0 Å². The zero-order chi connectivity index (χ0) is 18.7. The van der Waals surface area contributed by atoms with Crippen LogP contribution < -0.4 is 10.6 Å². The Morgan fingerprint density at radius 3 is 2.27 bits per heavy atom. The highest BCUT2D eigenvalue weighted by Crippen LogP contribution is 2.39. The second kappa shape index (κ2) is 7.55. The molecule has 136 valence electrons. The molecule has 1 aliphatic carbocycles. The first-order valence-electron chi connectivity index (χ1n) is 8.27. The van der Waals surface area contributed by atoms with Crippen LogP contribution >= 0.6 is 0 Å². The number of nitrogens with one attached hydrogen (secondary N) is 2. The number of carbonyl (C=O) groups excluding carboxylic acids is 2. The first kappa shape index (κ1) is 17.9. The van der Waals surface area contributed by atoms with Crippen molar-refractivity contribution in [3.8, 4) is 11.5 Å². The molecule has 0 heterocycles. The van der Waals surface area contributed by atoms with Crippen molar-refractivity contribution < 1.29 is 24.5 Å². The van der Waals surface area contributed by atoms with Gasteiger partial charge in [-0.1, -0.05) is 12.1 Å². The fraction of sp³-hybridized carbons (Fsp3) is 0.263. The Hall–Kier alpha value is -2.90. The van der Waals surface area contributed by atoms with Gasteiger partial charge >= 0.3 is 0 Å². The molecule has 4 N–H and O–H groups in total. The molecule has 7 heteroatoms. The normalized spacial score (nSPS) is 12.7. The summed E-state index contributed by atoms with van der Waals surface area (Å²) in [4.78, 5) is 25.7. The molecule has 0 spiro atoms. The van der Waals surface area contributed by atoms with Crippen LogP contribution in [0.2, 0.25) is 0 Å². The van der Waals surface area contributed by atoms with Gasteiger partial charge in [0.15, 0.2) is 11.6 Å². The molecule has 0 saturated carbocycles. The van der Waals surface area contributed by atoms with Crippen molar-refractivity contribution in [3.05, 3.63) is 52.6 Å². The fourth-order valence-corrected chi connectivity index (χ4v) is 3.02. The van der Waals surface area contributed by atoms with E-state index in [4.69, 9.17) is 4.74 Å². The van der Waals surface area contributed by atoms with Gasteiger partial charge in [-0.2, -0.15) is 0 Å². The number of aromatic hydroxyl groups is 2. The van der Waals surface area contributed by atoms with Crippen molar-refractivity contribution in [1.29, 1.82) is 0 Å². The smallest absolute Gasteiger partial charge is 0.200 e. The van der Waals surface area contributed by atoms with Crippen molar-refractivity contribution in [3.63, 3.8) is 0 Å². The molecular formula is C19H20N2O5. The average molecular weight is 356 g/mol. The van der Waals surface area contributed by atoms with E-state index >= 15 is 0 Å². The molecule has 0 aromatic heterocycles. The zero-order valence-electron chi connectivity index (χ0n) is 14.3. The zero-order valence-corrected chi connectivity index (χ0v) is 14.3. The topological polar surface area (TPSA) is 108 Å². The Labute approximate surface area is 150 Å². The molecule has 0 aliphatic heterocycles. The van der Waals surface area contributed by atoms with Crippen LogP contribution in [0.3, 0.4) is 0 Å². The summed E-state index contributed by atoms with van der Waals surface area (Å²) in [5.74, 6) is -1.61. The van der Waals surface area contributed by atoms with E-state index in [-0.39, 0.29) is 33.8 Å². The SMILES string of the molecule is COCCNCCNc1cccc2c1C(=O)c1c(O)ccc(O)c1C2=O. The molecule has 0 saturated heterocycles. The van der Waals surface area contributed by atoms with Gasteiger partial charge in [-0.25, -0.2) is 0 Å². The molecule has 0 amide bonds. The maximum absolute atomic E-state index is 12.9. The standard InChI is InChI=1S/C19H20N2O5/c1-26-10-9-20-7-8-21-12-4-2-3-11-15(12)19(25)17-14(23)6-5-13(22)16(17)18(11)24/h2-6,20-23H,7-10H2,1H3. The number of fused-ring (bicyclic) bond motifs is 2. The minimum Gasteiger partial charge on any atom is -0.507 e. The second-order valence-corrected chi connectivity index (χ2v) is 5.91. The third-order valence-corrected chi connectivity index (χ3v) is 4.25. The maximum atomic E-state index is 12.9. The highest BCUT2D eigenvalue weighted by atomic mass is 16.5. The quantitative estimate of drug-likeness (QED) is 0.375. The molecule has 3 rings (SSSR count). The van der Waals surface area contributed by atoms with Gasteiger partial charge < -0.3 is 25.6 Å². The van der Waals surface area contributed by atoms with Crippen molar-refractivity contribution in [2.24, 2.45) is 0 Å². The molecule has 0 unspecified atom stereocenters. The first-order chi connectivity index (χ1) is 12.6. The number of phenolic OH excluding ortho intramolecular Hbond substituents is 2. The molecule has 0 bridgehead atoms. The van der Waals surface area contributed by atoms with E-state index in [9.17, 15) is 19.8 Å². The highest BCUT2D eigenvalue weighted by molar-refractivity contribution is 6.31. The predicted molar refractivity (Wildman–Crippen MR) is 96.3 cm³/mol. The number of hydrogen-bond donors (Lipinski definition) is 4. The number of carbonyl (C=O) groups is 2. The number of benzene rings is 2. The van der Waals surface area contributed by atoms with E-state index in [1.807, 2.05) is 0 Å². The molecule has 2 aromatic rings. The van der Waals surface area contributed by atoms with Gasteiger partial charge in [-0.05, 0) is 18.2 Å². The number of anilines is 1. The van der Waals surface area contributed by atoms with E-state index in [1.165, 1.54) is 12.1 Å². The van der Waals surface area contributed by atoms with Crippen LogP contribution in [0, 0.1) is 0 Å². The summed E-state index contributed by atoms with van der Waals surface area (Å²) < 4.78 is 4.95. The van der Waals surface area contributed by atoms with Crippen LogP contribution in [0.4, 0.5) is 5.69 Å². The Kier molecular flexibility index (Phi) is 5.20. The predicted octanol–water partition coefficient (Wildman–Crippen LogP) is 1.52. The third-order valence-electron chi connectivity index (χ3n) is 4.25. The first-order valence-corrected chi connectivity index (χ1v) is 8.27. The van der Waals surface area contributed by atoms with Gasteiger partial charge in [-0.15, -0.1) is 0 Å². The Morgan fingerprint density at radius 1 is 0.885 bits per heavy atom. The Balaban J connectivity index is 1.89. The highest BCUT2D eigenvalue weighted by Gasteiger charge is 2.35. The fourth-order valence-electron chi connectivity index (χ4n) is 3.02. The van der Waals surface area contributed by atoms with Crippen LogP contribution in [0.15, 0.2) is 30.3 Å². The van der Waals surface area contributed by atoms with Gasteiger partial charge in [0, 0.05) is 38.0 Å². The third kappa shape index (κ3) is 3.14. The summed E-state index contributed by atoms with van der Waals surface area (Å²) >= 11 is 0. The van der Waals surface area contributed by atoms with Crippen molar-refractivity contribution in [2.45, 2.75) is 0 Å². The lowest BCUT2D eigenvalue weighted by Gasteiger charge is -2.22. The van der Waals surface area contributed by atoms with Gasteiger partial charge in [0.25, 0.3) is 0 Å². The van der Waals surface area contributed by atoms with Crippen molar-refractivity contribution in [2.75, 3.05) is 38.7 Å². The van der Waals surface area contributed by atoms with Crippen LogP contribution in [-0.2, 0) is 4.74 Å². The van der Waals surface area contributed by atoms with Gasteiger partial charge in [0.05, 0.1) is 23.3 Å². The van der Waals surface area contributed by atoms with E-state index in [2.05, 4.69) is 10.6 Å². The lowest BCUT2D eigenvalue weighted by atomic mass is 9.82. The van der Waals surface area contributed by atoms with E-state index in [0.717, 1.165) is 0 Å². The molecular weight excluding hydrogens is 336 g/mol. The van der Waals surface area contributed by atoms with Crippen LogP contribution in [0.1, 0.15) is 31.8 Å². The van der Waals surface area contributed by atoms with Gasteiger partial charge in [0.1, 0.15) is 11.5 Å². The van der Waals surface area contributed by atoms with Crippen molar-refractivity contribution >= 4 is 17.3 Å².